The van der Waals surface area contributed by atoms with Gasteiger partial charge in [-0.05, 0) is 30.3 Å². The molecule has 0 aliphatic carbocycles. The minimum absolute atomic E-state index is 0.227. The largest absolute Gasteiger partial charge is 0.467 e. The molecule has 3 aromatic rings. The SMILES string of the molecule is COCCN(Cc1ccco1)C(=O)c1sc2cc(F)ccc2c1Cl. The first-order valence-electron chi connectivity index (χ1n) is 7.28. The molecule has 0 atom stereocenters. The Morgan fingerprint density at radius 2 is 2.25 bits per heavy atom. The van der Waals surface area contributed by atoms with Crippen LogP contribution in [0.15, 0.2) is 41.0 Å². The van der Waals surface area contributed by atoms with Gasteiger partial charge in [-0.1, -0.05) is 11.6 Å². The number of ether oxygens (including phenoxy) is 1. The number of carbonyl (C=O) groups is 1. The molecule has 7 heteroatoms. The molecule has 0 radical (unpaired) electrons. The van der Waals surface area contributed by atoms with Gasteiger partial charge >= 0.3 is 0 Å². The molecule has 126 valence electrons. The summed E-state index contributed by atoms with van der Waals surface area (Å²) in [5.74, 6) is 0.0871. The van der Waals surface area contributed by atoms with Crippen LogP contribution >= 0.6 is 22.9 Å². The Morgan fingerprint density at radius 3 is 2.96 bits per heavy atom. The van der Waals surface area contributed by atoms with E-state index in [0.717, 1.165) is 0 Å². The molecule has 24 heavy (non-hydrogen) atoms. The van der Waals surface area contributed by atoms with Crippen LogP contribution in [0.1, 0.15) is 15.4 Å². The second kappa shape index (κ2) is 7.34. The second-order valence-corrected chi connectivity index (χ2v) is 6.61. The van der Waals surface area contributed by atoms with Crippen LogP contribution in [0.5, 0.6) is 0 Å². The Labute approximate surface area is 147 Å². The lowest BCUT2D eigenvalue weighted by atomic mass is 10.2. The third-order valence-electron chi connectivity index (χ3n) is 3.57. The molecule has 3 rings (SSSR count). The van der Waals surface area contributed by atoms with E-state index >= 15 is 0 Å². The van der Waals surface area contributed by atoms with Gasteiger partial charge in [-0.2, -0.15) is 0 Å². The Morgan fingerprint density at radius 1 is 1.42 bits per heavy atom. The Hall–Kier alpha value is -1.89. The summed E-state index contributed by atoms with van der Waals surface area (Å²) in [5, 5.41) is 1.03. The van der Waals surface area contributed by atoms with E-state index in [1.165, 1.54) is 23.5 Å². The summed E-state index contributed by atoms with van der Waals surface area (Å²) < 4.78 is 24.4. The number of fused-ring (bicyclic) bond motifs is 1. The average Bonchev–Trinajstić information content (AvgIpc) is 3.18. The highest BCUT2D eigenvalue weighted by atomic mass is 35.5. The number of hydrogen-bond acceptors (Lipinski definition) is 4. The summed E-state index contributed by atoms with van der Waals surface area (Å²) >= 11 is 7.54. The number of amides is 1. The van der Waals surface area contributed by atoms with E-state index in [4.69, 9.17) is 20.8 Å². The van der Waals surface area contributed by atoms with Gasteiger partial charge in [-0.15, -0.1) is 11.3 Å². The highest BCUT2D eigenvalue weighted by Gasteiger charge is 2.23. The zero-order valence-corrected chi connectivity index (χ0v) is 14.5. The van der Waals surface area contributed by atoms with Crippen molar-refractivity contribution in [1.29, 1.82) is 0 Å². The van der Waals surface area contributed by atoms with Crippen LogP contribution < -0.4 is 0 Å². The normalized spacial score (nSPS) is 11.1. The quantitative estimate of drug-likeness (QED) is 0.640. The van der Waals surface area contributed by atoms with E-state index < -0.39 is 0 Å². The van der Waals surface area contributed by atoms with Crippen LogP contribution in [-0.2, 0) is 11.3 Å². The zero-order valence-electron chi connectivity index (χ0n) is 12.9. The average molecular weight is 368 g/mol. The van der Waals surface area contributed by atoms with Crippen molar-refractivity contribution in [3.63, 3.8) is 0 Å². The summed E-state index contributed by atoms with van der Waals surface area (Å²) in [6.45, 7) is 1.10. The smallest absolute Gasteiger partial charge is 0.265 e. The maximum absolute atomic E-state index is 13.4. The van der Waals surface area contributed by atoms with Gasteiger partial charge in [-0.3, -0.25) is 4.79 Å². The number of furan rings is 1. The lowest BCUT2D eigenvalue weighted by Crippen LogP contribution is -2.33. The van der Waals surface area contributed by atoms with E-state index in [-0.39, 0.29) is 11.7 Å². The number of rotatable bonds is 6. The Balaban J connectivity index is 1.92. The minimum atomic E-state index is -0.355. The lowest BCUT2D eigenvalue weighted by Gasteiger charge is -2.20. The highest BCUT2D eigenvalue weighted by molar-refractivity contribution is 7.21. The fourth-order valence-electron chi connectivity index (χ4n) is 2.36. The molecule has 0 fully saturated rings. The van der Waals surface area contributed by atoms with Crippen LogP contribution in [0.25, 0.3) is 10.1 Å². The fraction of sp³-hybridized carbons (Fsp3) is 0.235. The molecule has 0 aliphatic rings. The van der Waals surface area contributed by atoms with Crippen molar-refractivity contribution >= 4 is 38.9 Å². The summed E-state index contributed by atoms with van der Waals surface area (Å²) in [7, 11) is 1.57. The van der Waals surface area contributed by atoms with Crippen LogP contribution in [0.2, 0.25) is 5.02 Å². The van der Waals surface area contributed by atoms with Gasteiger partial charge in [0.1, 0.15) is 16.5 Å². The van der Waals surface area contributed by atoms with Gasteiger partial charge in [0.2, 0.25) is 0 Å². The summed E-state index contributed by atoms with van der Waals surface area (Å²) in [6.07, 6.45) is 1.56. The molecule has 1 aromatic carbocycles. The van der Waals surface area contributed by atoms with Crippen LogP contribution in [0.3, 0.4) is 0 Å². The minimum Gasteiger partial charge on any atom is -0.467 e. The molecular weight excluding hydrogens is 353 g/mol. The lowest BCUT2D eigenvalue weighted by molar-refractivity contribution is 0.0671. The first-order valence-corrected chi connectivity index (χ1v) is 8.47. The number of carbonyl (C=O) groups excluding carboxylic acids is 1. The molecule has 0 aliphatic heterocycles. The maximum atomic E-state index is 13.4. The Kier molecular flexibility index (Phi) is 5.18. The van der Waals surface area contributed by atoms with E-state index in [1.807, 2.05) is 0 Å². The molecule has 1 amide bonds. The van der Waals surface area contributed by atoms with Crippen molar-refractivity contribution < 1.29 is 18.3 Å². The molecule has 0 saturated carbocycles. The third kappa shape index (κ3) is 3.45. The predicted octanol–water partition coefficient (Wildman–Crippen LogP) is 4.58. The number of thiophene rings is 1. The summed E-state index contributed by atoms with van der Waals surface area (Å²) in [4.78, 5) is 14.9. The van der Waals surface area contributed by atoms with Crippen molar-refractivity contribution in [2.45, 2.75) is 6.54 Å². The van der Waals surface area contributed by atoms with Gasteiger partial charge in [-0.25, -0.2) is 4.39 Å². The molecule has 0 spiro atoms. The molecule has 0 unspecified atom stereocenters. The molecule has 0 bridgehead atoms. The van der Waals surface area contributed by atoms with Crippen molar-refractivity contribution in [1.82, 2.24) is 4.90 Å². The number of nitrogens with zero attached hydrogens (tertiary/aromatic N) is 1. The topological polar surface area (TPSA) is 42.7 Å². The van der Waals surface area contributed by atoms with Crippen molar-refractivity contribution in [3.05, 3.63) is 58.1 Å². The van der Waals surface area contributed by atoms with Crippen LogP contribution in [0, 0.1) is 5.82 Å². The van der Waals surface area contributed by atoms with Crippen molar-refractivity contribution in [2.24, 2.45) is 0 Å². The monoisotopic (exact) mass is 367 g/mol. The fourth-order valence-corrected chi connectivity index (χ4v) is 3.87. The van der Waals surface area contributed by atoms with Gasteiger partial charge in [0.05, 0.1) is 24.4 Å². The van der Waals surface area contributed by atoms with E-state index in [2.05, 4.69) is 0 Å². The van der Waals surface area contributed by atoms with Crippen LogP contribution in [-0.4, -0.2) is 31.1 Å². The highest BCUT2D eigenvalue weighted by Crippen LogP contribution is 2.36. The van der Waals surface area contributed by atoms with Gasteiger partial charge in [0, 0.05) is 23.7 Å². The van der Waals surface area contributed by atoms with E-state index in [1.54, 1.807) is 36.5 Å². The van der Waals surface area contributed by atoms with Crippen molar-refractivity contribution in [3.8, 4) is 0 Å². The van der Waals surface area contributed by atoms with Gasteiger partial charge in [0.25, 0.3) is 5.91 Å². The number of halogens is 2. The molecule has 2 heterocycles. The number of methoxy groups -OCH3 is 1. The molecule has 0 saturated heterocycles. The second-order valence-electron chi connectivity index (χ2n) is 5.18. The first-order chi connectivity index (χ1) is 11.6. The first kappa shape index (κ1) is 17.0. The molecule has 4 nitrogen and oxygen atoms in total. The predicted molar refractivity (Wildman–Crippen MR) is 92.1 cm³/mol. The number of hydrogen-bond donors (Lipinski definition) is 0. The Bertz CT molecular complexity index is 847. The standard InChI is InChI=1S/C17H15ClFNO3S/c1-22-8-6-20(10-12-3-2-7-23-12)17(21)16-15(18)13-5-4-11(19)9-14(13)24-16/h2-5,7,9H,6,8,10H2,1H3. The van der Waals surface area contributed by atoms with Crippen LogP contribution in [0.4, 0.5) is 4.39 Å². The van der Waals surface area contributed by atoms with E-state index in [0.29, 0.717) is 45.4 Å². The van der Waals surface area contributed by atoms with Gasteiger partial charge in [0.15, 0.2) is 0 Å². The number of benzene rings is 1. The summed E-state index contributed by atoms with van der Waals surface area (Å²) in [6, 6.07) is 7.88. The molecular formula is C17H15ClFNO3S. The zero-order chi connectivity index (χ0) is 17.1. The third-order valence-corrected chi connectivity index (χ3v) is 5.21. The maximum Gasteiger partial charge on any atom is 0.265 e. The van der Waals surface area contributed by atoms with Gasteiger partial charge < -0.3 is 14.1 Å². The molecule has 0 N–H and O–H groups in total. The summed E-state index contributed by atoms with van der Waals surface area (Å²) in [5.41, 5.74) is 0. The van der Waals surface area contributed by atoms with E-state index in [9.17, 15) is 9.18 Å². The van der Waals surface area contributed by atoms with Crippen molar-refractivity contribution in [2.75, 3.05) is 20.3 Å². The molecule has 2 aromatic heterocycles.